The molecular weight excluding hydrogens is 104 g/mol. The van der Waals surface area contributed by atoms with Gasteiger partial charge in [0.1, 0.15) is 0 Å². The minimum atomic E-state index is 1.18. The summed E-state index contributed by atoms with van der Waals surface area (Å²) >= 11 is 3.99. The van der Waals surface area contributed by atoms with Crippen molar-refractivity contribution in [3.8, 4) is 0 Å². The summed E-state index contributed by atoms with van der Waals surface area (Å²) in [6.45, 7) is 4.26. The molecule has 0 unspecified atom stereocenters. The zero-order valence-electron chi connectivity index (χ0n) is 4.94. The van der Waals surface area contributed by atoms with Gasteiger partial charge in [-0.15, -0.1) is 0 Å². The number of rotatable bonds is 2. The lowest BCUT2D eigenvalue weighted by atomic mass is 10.2. The molecule has 0 aliphatic rings. The number of allylic oxidation sites excluding steroid dienone is 1. The molecule has 0 spiro atoms. The van der Waals surface area contributed by atoms with E-state index >= 15 is 0 Å². The Bertz CT molecular complexity index is 64.6. The molecule has 0 aromatic rings. The summed E-state index contributed by atoms with van der Waals surface area (Å²) < 4.78 is 0. The Kier molecular flexibility index (Phi) is 4.31. The van der Waals surface area contributed by atoms with Crippen molar-refractivity contribution in [3.63, 3.8) is 0 Å². The molecule has 42 valence electrons. The molecule has 0 saturated carbocycles. The highest BCUT2D eigenvalue weighted by Crippen LogP contribution is 2.02. The summed E-state index contributed by atoms with van der Waals surface area (Å²) in [7, 11) is 0. The van der Waals surface area contributed by atoms with Gasteiger partial charge < -0.3 is 0 Å². The van der Waals surface area contributed by atoms with E-state index in [9.17, 15) is 0 Å². The Morgan fingerprint density at radius 1 is 1.71 bits per heavy atom. The summed E-state index contributed by atoms with van der Waals surface area (Å²) in [5.41, 5.74) is 1.37. The van der Waals surface area contributed by atoms with Gasteiger partial charge in [-0.25, -0.2) is 0 Å². The van der Waals surface area contributed by atoms with Crippen molar-refractivity contribution in [2.24, 2.45) is 0 Å². The molecule has 0 fully saturated rings. The molecular formula is C6H12S. The summed E-state index contributed by atoms with van der Waals surface area (Å²) in [5, 5.41) is 1.86. The van der Waals surface area contributed by atoms with Crippen LogP contribution in [0.5, 0.6) is 0 Å². The van der Waals surface area contributed by atoms with Crippen LogP contribution in [0, 0.1) is 0 Å². The highest BCUT2D eigenvalue weighted by Gasteiger charge is 1.80. The van der Waals surface area contributed by atoms with Gasteiger partial charge in [-0.05, 0) is 18.8 Å². The maximum absolute atomic E-state index is 3.99. The monoisotopic (exact) mass is 116 g/mol. The van der Waals surface area contributed by atoms with Crippen LogP contribution < -0.4 is 0 Å². The predicted molar refractivity (Wildman–Crippen MR) is 37.7 cm³/mol. The Morgan fingerprint density at radius 3 is 2.43 bits per heavy atom. The molecule has 0 aromatic heterocycles. The van der Waals surface area contributed by atoms with Crippen LogP contribution in [-0.2, 0) is 0 Å². The van der Waals surface area contributed by atoms with Crippen LogP contribution in [0.2, 0.25) is 0 Å². The van der Waals surface area contributed by atoms with Crippen LogP contribution in [0.25, 0.3) is 0 Å². The third-order valence-electron chi connectivity index (χ3n) is 0.865. The predicted octanol–water partition coefficient (Wildman–Crippen LogP) is 2.62. The topological polar surface area (TPSA) is 0 Å². The van der Waals surface area contributed by atoms with Crippen molar-refractivity contribution in [2.75, 3.05) is 0 Å². The number of thiol groups is 1. The van der Waals surface area contributed by atoms with Gasteiger partial charge >= 0.3 is 0 Å². The Labute approximate surface area is 51.0 Å². The van der Waals surface area contributed by atoms with Gasteiger partial charge in [0.2, 0.25) is 0 Å². The van der Waals surface area contributed by atoms with E-state index in [1.807, 2.05) is 5.41 Å². The molecule has 0 nitrogen and oxygen atoms in total. The Morgan fingerprint density at radius 2 is 2.29 bits per heavy atom. The molecule has 0 rings (SSSR count). The van der Waals surface area contributed by atoms with Gasteiger partial charge in [0.15, 0.2) is 0 Å². The summed E-state index contributed by atoms with van der Waals surface area (Å²) in [6, 6.07) is 0. The van der Waals surface area contributed by atoms with E-state index in [0.717, 1.165) is 0 Å². The van der Waals surface area contributed by atoms with Crippen molar-refractivity contribution >= 4 is 12.6 Å². The molecule has 0 bridgehead atoms. The standard InChI is InChI=1S/C6H12S/c1-3-4-6(2)5-7/h5,7H,3-4H2,1-2H3. The van der Waals surface area contributed by atoms with Crippen LogP contribution >= 0.6 is 12.6 Å². The van der Waals surface area contributed by atoms with Crippen molar-refractivity contribution in [1.82, 2.24) is 0 Å². The lowest BCUT2D eigenvalue weighted by Crippen LogP contribution is -1.69. The van der Waals surface area contributed by atoms with Crippen molar-refractivity contribution < 1.29 is 0 Å². The van der Waals surface area contributed by atoms with Gasteiger partial charge in [0.05, 0.1) is 0 Å². The van der Waals surface area contributed by atoms with E-state index in [1.54, 1.807) is 0 Å². The van der Waals surface area contributed by atoms with Crippen LogP contribution in [0.1, 0.15) is 26.7 Å². The smallest absolute Gasteiger partial charge is 0.0318 e. The molecule has 1 heteroatoms. The quantitative estimate of drug-likeness (QED) is 0.527. The summed E-state index contributed by atoms with van der Waals surface area (Å²) in [4.78, 5) is 0. The molecule has 0 heterocycles. The van der Waals surface area contributed by atoms with Gasteiger partial charge in [-0.2, -0.15) is 12.6 Å². The molecule has 0 aliphatic carbocycles. The molecule has 0 aromatic carbocycles. The van der Waals surface area contributed by atoms with Crippen LogP contribution in [0.3, 0.4) is 0 Å². The highest BCUT2D eigenvalue weighted by atomic mass is 32.1. The fourth-order valence-electron chi connectivity index (χ4n) is 0.459. The van der Waals surface area contributed by atoms with Crippen LogP contribution in [0.15, 0.2) is 11.0 Å². The first kappa shape index (κ1) is 7.09. The molecule has 0 amide bonds. The molecule has 0 aliphatic heterocycles. The van der Waals surface area contributed by atoms with E-state index in [1.165, 1.54) is 18.4 Å². The third kappa shape index (κ3) is 3.93. The Hall–Kier alpha value is 0.0900. The third-order valence-corrected chi connectivity index (χ3v) is 1.31. The molecule has 0 atom stereocenters. The average molecular weight is 116 g/mol. The van der Waals surface area contributed by atoms with Crippen molar-refractivity contribution in [3.05, 3.63) is 11.0 Å². The second kappa shape index (κ2) is 4.25. The highest BCUT2D eigenvalue weighted by molar-refractivity contribution is 7.83. The van der Waals surface area contributed by atoms with Crippen molar-refractivity contribution in [2.45, 2.75) is 26.7 Å². The fraction of sp³-hybridized carbons (Fsp3) is 0.667. The summed E-state index contributed by atoms with van der Waals surface area (Å²) in [6.07, 6.45) is 2.41. The fourth-order valence-corrected chi connectivity index (χ4v) is 0.588. The van der Waals surface area contributed by atoms with Gasteiger partial charge in [-0.3, -0.25) is 0 Å². The van der Waals surface area contributed by atoms with E-state index in [2.05, 4.69) is 26.5 Å². The van der Waals surface area contributed by atoms with Gasteiger partial charge in [0, 0.05) is 0 Å². The second-order valence-corrected chi connectivity index (χ2v) is 1.98. The molecule has 0 N–H and O–H groups in total. The molecule has 0 saturated heterocycles. The number of hydrogen-bond acceptors (Lipinski definition) is 1. The molecule has 0 radical (unpaired) electrons. The first-order valence-corrected chi connectivity index (χ1v) is 3.12. The average Bonchev–Trinajstić information content (AvgIpc) is 1.68. The second-order valence-electron chi connectivity index (χ2n) is 1.73. The maximum atomic E-state index is 3.99. The molecule has 7 heavy (non-hydrogen) atoms. The van der Waals surface area contributed by atoms with E-state index < -0.39 is 0 Å². The SMILES string of the molecule is CCCC(C)=CS. The largest absolute Gasteiger partial charge is 0.151 e. The zero-order chi connectivity index (χ0) is 5.70. The Balaban J connectivity index is 3.17. The van der Waals surface area contributed by atoms with Crippen LogP contribution in [-0.4, -0.2) is 0 Å². The van der Waals surface area contributed by atoms with E-state index in [0.29, 0.717) is 0 Å². The number of hydrogen-bond donors (Lipinski definition) is 1. The van der Waals surface area contributed by atoms with E-state index in [-0.39, 0.29) is 0 Å². The lowest BCUT2D eigenvalue weighted by molar-refractivity contribution is 0.908. The van der Waals surface area contributed by atoms with Gasteiger partial charge in [-0.1, -0.05) is 18.9 Å². The van der Waals surface area contributed by atoms with Gasteiger partial charge in [0.25, 0.3) is 0 Å². The van der Waals surface area contributed by atoms with Crippen molar-refractivity contribution in [1.29, 1.82) is 0 Å². The lowest BCUT2D eigenvalue weighted by Gasteiger charge is -1.90. The first-order valence-electron chi connectivity index (χ1n) is 2.61. The van der Waals surface area contributed by atoms with Crippen LogP contribution in [0.4, 0.5) is 0 Å². The zero-order valence-corrected chi connectivity index (χ0v) is 5.83. The first-order chi connectivity index (χ1) is 3.31. The minimum Gasteiger partial charge on any atom is -0.151 e. The summed E-state index contributed by atoms with van der Waals surface area (Å²) in [5.74, 6) is 0. The normalized spacial score (nSPS) is 12.1. The minimum absolute atomic E-state index is 1.18. The van der Waals surface area contributed by atoms with E-state index in [4.69, 9.17) is 0 Å². The maximum Gasteiger partial charge on any atom is -0.0318 e.